The SMILES string of the molecule is Cc1ccc(Nc2cc3nc4ccccc4n(-c4ccccc4)c-3cc2=NC2CC2)cn1. The van der Waals surface area contributed by atoms with Crippen molar-refractivity contribution in [3.8, 4) is 17.1 Å². The van der Waals surface area contributed by atoms with E-state index < -0.39 is 0 Å². The number of hydrogen-bond donors (Lipinski definition) is 1. The molecule has 0 unspecified atom stereocenters. The van der Waals surface area contributed by atoms with Gasteiger partial charge in [0, 0.05) is 11.4 Å². The van der Waals surface area contributed by atoms with E-state index in [-0.39, 0.29) is 0 Å². The number of aryl methyl sites for hydroxylation is 1. The highest BCUT2D eigenvalue weighted by Gasteiger charge is 2.21. The fourth-order valence-corrected chi connectivity index (χ4v) is 4.00. The fraction of sp³-hybridized carbons (Fsp3) is 0.148. The van der Waals surface area contributed by atoms with Crippen molar-refractivity contribution in [1.29, 1.82) is 0 Å². The lowest BCUT2D eigenvalue weighted by Gasteiger charge is -2.20. The molecule has 1 fully saturated rings. The third kappa shape index (κ3) is 3.52. The van der Waals surface area contributed by atoms with Crippen LogP contribution in [0.1, 0.15) is 18.5 Å². The van der Waals surface area contributed by atoms with Crippen molar-refractivity contribution in [2.24, 2.45) is 4.99 Å². The van der Waals surface area contributed by atoms with E-state index in [0.29, 0.717) is 6.04 Å². The molecule has 0 saturated heterocycles. The first-order valence-corrected chi connectivity index (χ1v) is 11.0. The summed E-state index contributed by atoms with van der Waals surface area (Å²) in [6.45, 7) is 1.99. The van der Waals surface area contributed by atoms with E-state index in [0.717, 1.165) is 63.4 Å². The Morgan fingerprint density at radius 3 is 2.53 bits per heavy atom. The van der Waals surface area contributed by atoms with Crippen molar-refractivity contribution in [2.75, 3.05) is 5.32 Å². The predicted molar refractivity (Wildman–Crippen MR) is 129 cm³/mol. The van der Waals surface area contributed by atoms with E-state index >= 15 is 0 Å². The van der Waals surface area contributed by atoms with Gasteiger partial charge in [0.25, 0.3) is 0 Å². The quantitative estimate of drug-likeness (QED) is 0.385. The lowest BCUT2D eigenvalue weighted by Crippen LogP contribution is -2.15. The Morgan fingerprint density at radius 2 is 1.75 bits per heavy atom. The molecule has 1 aliphatic heterocycles. The summed E-state index contributed by atoms with van der Waals surface area (Å²) >= 11 is 0. The molecule has 1 saturated carbocycles. The second kappa shape index (κ2) is 7.61. The first-order valence-electron chi connectivity index (χ1n) is 11.0. The molecule has 0 amide bonds. The molecule has 0 spiro atoms. The highest BCUT2D eigenvalue weighted by atomic mass is 15.0. The van der Waals surface area contributed by atoms with Gasteiger partial charge in [-0.3, -0.25) is 9.98 Å². The summed E-state index contributed by atoms with van der Waals surface area (Å²) < 4.78 is 2.28. The number of aromatic nitrogens is 3. The lowest BCUT2D eigenvalue weighted by atomic mass is 10.1. The number of pyridine rings is 1. The summed E-state index contributed by atoms with van der Waals surface area (Å²) in [6.07, 6.45) is 4.16. The zero-order chi connectivity index (χ0) is 21.5. The molecule has 2 aliphatic carbocycles. The topological polar surface area (TPSA) is 55.1 Å². The molecule has 32 heavy (non-hydrogen) atoms. The van der Waals surface area contributed by atoms with Crippen LogP contribution >= 0.6 is 0 Å². The van der Waals surface area contributed by atoms with Crippen LogP contribution in [-0.4, -0.2) is 20.6 Å². The second-order valence-electron chi connectivity index (χ2n) is 8.30. The third-order valence-corrected chi connectivity index (χ3v) is 5.77. The van der Waals surface area contributed by atoms with Gasteiger partial charge in [-0.15, -0.1) is 0 Å². The summed E-state index contributed by atoms with van der Waals surface area (Å²) in [5, 5.41) is 4.49. The summed E-state index contributed by atoms with van der Waals surface area (Å²) in [5.41, 5.74) is 8.00. The van der Waals surface area contributed by atoms with Crippen molar-refractivity contribution >= 4 is 22.4 Å². The van der Waals surface area contributed by atoms with Gasteiger partial charge in [-0.05, 0) is 68.3 Å². The molecule has 1 aromatic heterocycles. The number of nitrogens with zero attached hydrogens (tertiary/aromatic N) is 4. The number of benzene rings is 3. The van der Waals surface area contributed by atoms with Gasteiger partial charge in [0.2, 0.25) is 0 Å². The van der Waals surface area contributed by atoms with Crippen molar-refractivity contribution in [3.63, 3.8) is 0 Å². The maximum absolute atomic E-state index is 5.03. The van der Waals surface area contributed by atoms with Crippen LogP contribution in [0.25, 0.3) is 28.1 Å². The van der Waals surface area contributed by atoms with Gasteiger partial charge in [0.15, 0.2) is 0 Å². The van der Waals surface area contributed by atoms with Gasteiger partial charge in [0.1, 0.15) is 0 Å². The molecule has 6 rings (SSSR count). The lowest BCUT2D eigenvalue weighted by molar-refractivity contribution is 0.997. The number of nitrogens with one attached hydrogen (secondary N) is 1. The van der Waals surface area contributed by atoms with Crippen molar-refractivity contribution in [2.45, 2.75) is 25.8 Å². The van der Waals surface area contributed by atoms with Gasteiger partial charge < -0.3 is 9.88 Å². The molecule has 5 heteroatoms. The molecular formula is C27H23N5. The van der Waals surface area contributed by atoms with Crippen LogP contribution in [0.15, 0.2) is 90.1 Å². The molecule has 3 aliphatic rings. The number of rotatable bonds is 4. The van der Waals surface area contributed by atoms with E-state index in [2.05, 4.69) is 69.5 Å². The van der Waals surface area contributed by atoms with Crippen molar-refractivity contribution < 1.29 is 0 Å². The Kier molecular flexibility index (Phi) is 4.46. The molecule has 3 aromatic rings. The standard InChI is InChI=1S/C27H23N5/c1-18-11-12-20(17-28-18)30-23-15-25-27(16-24(23)29-19-13-14-19)32(21-7-3-2-4-8-21)26-10-6-5-9-22(26)31-25/h2-12,15-17,19,30H,13-14H2,1H3. The summed E-state index contributed by atoms with van der Waals surface area (Å²) in [7, 11) is 0. The predicted octanol–water partition coefficient (Wildman–Crippen LogP) is 5.64. The molecule has 156 valence electrons. The molecule has 2 aromatic carbocycles. The number of para-hydroxylation sites is 3. The van der Waals surface area contributed by atoms with Crippen LogP contribution in [0.2, 0.25) is 0 Å². The zero-order valence-electron chi connectivity index (χ0n) is 17.9. The fourth-order valence-electron chi connectivity index (χ4n) is 4.00. The molecule has 1 N–H and O–H groups in total. The van der Waals surface area contributed by atoms with Crippen LogP contribution in [0.5, 0.6) is 0 Å². The maximum atomic E-state index is 5.03. The Morgan fingerprint density at radius 1 is 0.938 bits per heavy atom. The number of hydrogen-bond acceptors (Lipinski definition) is 4. The Bertz CT molecular complexity index is 1450. The average Bonchev–Trinajstić information content (AvgIpc) is 3.64. The Hall–Kier alpha value is -3.99. The maximum Gasteiger partial charge on any atom is 0.0900 e. The van der Waals surface area contributed by atoms with Gasteiger partial charge in [-0.25, -0.2) is 4.98 Å². The molecule has 2 heterocycles. The zero-order valence-corrected chi connectivity index (χ0v) is 17.9. The summed E-state index contributed by atoms with van der Waals surface area (Å²) in [6, 6.07) is 27.5. The summed E-state index contributed by atoms with van der Waals surface area (Å²) in [4.78, 5) is 14.4. The number of fused-ring (bicyclic) bond motifs is 2. The van der Waals surface area contributed by atoms with Crippen LogP contribution in [0.4, 0.5) is 11.4 Å². The monoisotopic (exact) mass is 417 g/mol. The second-order valence-corrected chi connectivity index (χ2v) is 8.30. The van der Waals surface area contributed by atoms with Crippen LogP contribution in [0.3, 0.4) is 0 Å². The van der Waals surface area contributed by atoms with E-state index in [1.165, 1.54) is 0 Å². The normalized spacial score (nSPS) is 14.2. The van der Waals surface area contributed by atoms with E-state index in [1.807, 2.05) is 37.4 Å². The molecule has 0 atom stereocenters. The Labute approximate surface area is 186 Å². The molecule has 5 nitrogen and oxygen atoms in total. The highest BCUT2D eigenvalue weighted by molar-refractivity contribution is 5.84. The minimum Gasteiger partial charge on any atom is -0.352 e. The van der Waals surface area contributed by atoms with Gasteiger partial charge in [-0.1, -0.05) is 30.3 Å². The summed E-state index contributed by atoms with van der Waals surface area (Å²) in [5.74, 6) is 0. The van der Waals surface area contributed by atoms with Crippen molar-refractivity contribution in [1.82, 2.24) is 14.5 Å². The molecule has 0 radical (unpaired) electrons. The molecular weight excluding hydrogens is 394 g/mol. The number of anilines is 2. The van der Waals surface area contributed by atoms with Crippen LogP contribution in [-0.2, 0) is 0 Å². The first kappa shape index (κ1) is 18.8. The minimum absolute atomic E-state index is 0.405. The van der Waals surface area contributed by atoms with Gasteiger partial charge >= 0.3 is 0 Å². The van der Waals surface area contributed by atoms with Crippen molar-refractivity contribution in [3.05, 3.63) is 96.1 Å². The van der Waals surface area contributed by atoms with E-state index in [4.69, 9.17) is 9.98 Å². The first-order chi connectivity index (χ1) is 15.7. The minimum atomic E-state index is 0.405. The average molecular weight is 418 g/mol. The van der Waals surface area contributed by atoms with Crippen LogP contribution < -0.4 is 10.7 Å². The van der Waals surface area contributed by atoms with Gasteiger partial charge in [-0.2, -0.15) is 0 Å². The van der Waals surface area contributed by atoms with Crippen LogP contribution in [0, 0.1) is 6.92 Å². The van der Waals surface area contributed by atoms with E-state index in [1.54, 1.807) is 0 Å². The largest absolute Gasteiger partial charge is 0.352 e. The molecule has 0 bridgehead atoms. The third-order valence-electron chi connectivity index (χ3n) is 5.77. The highest BCUT2D eigenvalue weighted by Crippen LogP contribution is 2.31. The van der Waals surface area contributed by atoms with Gasteiger partial charge in [0.05, 0.1) is 51.4 Å². The van der Waals surface area contributed by atoms with E-state index in [9.17, 15) is 0 Å². The smallest absolute Gasteiger partial charge is 0.0900 e. The Balaban J connectivity index is 1.63.